The molecule has 0 spiro atoms. The summed E-state index contributed by atoms with van der Waals surface area (Å²) in [5.41, 5.74) is 3.18. The molecule has 0 fully saturated rings. The first-order valence-corrected chi connectivity index (χ1v) is 4.76. The standard InChI is InChI=1S/C12H16N2/c1-4-6-8-11(7-5-2)12-9-10(3)13-14-12/h4-9H,1-3H3,(H,13,14)/b6-4+,7-5-,11-8+. The van der Waals surface area contributed by atoms with Gasteiger partial charge in [-0.25, -0.2) is 0 Å². The molecule has 1 heterocycles. The highest BCUT2D eigenvalue weighted by molar-refractivity contribution is 5.72. The van der Waals surface area contributed by atoms with Crippen LogP contribution in [0.1, 0.15) is 25.2 Å². The first-order valence-electron chi connectivity index (χ1n) is 4.76. The van der Waals surface area contributed by atoms with Crippen LogP contribution in [0.25, 0.3) is 5.57 Å². The van der Waals surface area contributed by atoms with Crippen LogP contribution < -0.4 is 0 Å². The number of aromatic amines is 1. The fourth-order valence-corrected chi connectivity index (χ4v) is 1.17. The zero-order chi connectivity index (χ0) is 10.4. The van der Waals surface area contributed by atoms with E-state index in [-0.39, 0.29) is 0 Å². The first kappa shape index (κ1) is 10.5. The van der Waals surface area contributed by atoms with Crippen LogP contribution in [0.4, 0.5) is 0 Å². The molecule has 0 aliphatic heterocycles. The summed E-state index contributed by atoms with van der Waals surface area (Å²) >= 11 is 0. The van der Waals surface area contributed by atoms with Crippen molar-refractivity contribution in [2.75, 3.05) is 0 Å². The fraction of sp³-hybridized carbons (Fsp3) is 0.250. The van der Waals surface area contributed by atoms with Crippen molar-refractivity contribution in [3.8, 4) is 0 Å². The second-order valence-electron chi connectivity index (χ2n) is 3.08. The predicted molar refractivity (Wildman–Crippen MR) is 60.9 cm³/mol. The molecule has 74 valence electrons. The highest BCUT2D eigenvalue weighted by Gasteiger charge is 2.00. The molecule has 1 aromatic heterocycles. The minimum atomic E-state index is 0.985. The van der Waals surface area contributed by atoms with Gasteiger partial charge in [0, 0.05) is 11.3 Å². The van der Waals surface area contributed by atoms with Crippen molar-refractivity contribution in [3.63, 3.8) is 0 Å². The molecule has 2 heteroatoms. The van der Waals surface area contributed by atoms with Crippen LogP contribution in [0, 0.1) is 6.92 Å². The van der Waals surface area contributed by atoms with Gasteiger partial charge in [-0.15, -0.1) is 0 Å². The number of rotatable bonds is 3. The second kappa shape index (κ2) is 5.22. The van der Waals surface area contributed by atoms with Gasteiger partial charge in [0.2, 0.25) is 0 Å². The van der Waals surface area contributed by atoms with Crippen LogP contribution in [-0.2, 0) is 0 Å². The minimum absolute atomic E-state index is 0.985. The van der Waals surface area contributed by atoms with Gasteiger partial charge in [-0.05, 0) is 26.8 Å². The summed E-state index contributed by atoms with van der Waals surface area (Å²) in [7, 11) is 0. The molecule has 0 unspecified atom stereocenters. The van der Waals surface area contributed by atoms with E-state index >= 15 is 0 Å². The Bertz CT molecular complexity index is 367. The summed E-state index contributed by atoms with van der Waals surface area (Å²) in [6.45, 7) is 6.00. The van der Waals surface area contributed by atoms with E-state index in [4.69, 9.17) is 0 Å². The number of allylic oxidation sites excluding steroid dienone is 6. The van der Waals surface area contributed by atoms with Crippen LogP contribution in [0.15, 0.2) is 36.4 Å². The third kappa shape index (κ3) is 2.73. The molecule has 0 radical (unpaired) electrons. The summed E-state index contributed by atoms with van der Waals surface area (Å²) in [5, 5.41) is 7.14. The van der Waals surface area contributed by atoms with Gasteiger partial charge in [0.15, 0.2) is 0 Å². The molecule has 14 heavy (non-hydrogen) atoms. The SMILES string of the molecule is C\C=C/C(=C\C=C\C)c1cc(C)[nH]n1. The Balaban J connectivity index is 2.99. The summed E-state index contributed by atoms with van der Waals surface area (Å²) in [5.74, 6) is 0. The molecule has 2 nitrogen and oxygen atoms in total. The number of nitrogens with one attached hydrogen (secondary N) is 1. The zero-order valence-electron chi connectivity index (χ0n) is 8.91. The summed E-state index contributed by atoms with van der Waals surface area (Å²) in [4.78, 5) is 0. The van der Waals surface area contributed by atoms with Crippen molar-refractivity contribution in [2.45, 2.75) is 20.8 Å². The topological polar surface area (TPSA) is 28.7 Å². The monoisotopic (exact) mass is 188 g/mol. The smallest absolute Gasteiger partial charge is 0.0923 e. The molecule has 0 atom stereocenters. The second-order valence-corrected chi connectivity index (χ2v) is 3.08. The maximum atomic E-state index is 4.21. The quantitative estimate of drug-likeness (QED) is 0.725. The summed E-state index contributed by atoms with van der Waals surface area (Å²) in [6.07, 6.45) is 10.1. The van der Waals surface area contributed by atoms with Crippen LogP contribution in [-0.4, -0.2) is 10.2 Å². The largest absolute Gasteiger partial charge is 0.282 e. The molecular weight excluding hydrogens is 172 g/mol. The third-order valence-electron chi connectivity index (χ3n) is 1.82. The molecule has 1 aromatic rings. The average Bonchev–Trinajstić information content (AvgIpc) is 2.59. The van der Waals surface area contributed by atoms with Crippen molar-refractivity contribution in [2.24, 2.45) is 0 Å². The lowest BCUT2D eigenvalue weighted by Crippen LogP contribution is -1.80. The maximum Gasteiger partial charge on any atom is 0.0923 e. The lowest BCUT2D eigenvalue weighted by molar-refractivity contribution is 1.04. The molecule has 0 saturated heterocycles. The number of hydrogen-bond acceptors (Lipinski definition) is 1. The first-order chi connectivity index (χ1) is 6.77. The molecule has 0 bridgehead atoms. The van der Waals surface area contributed by atoms with E-state index in [1.165, 1.54) is 0 Å². The van der Waals surface area contributed by atoms with Gasteiger partial charge in [-0.2, -0.15) is 5.10 Å². The maximum absolute atomic E-state index is 4.21. The van der Waals surface area contributed by atoms with Gasteiger partial charge in [0.1, 0.15) is 0 Å². The molecule has 0 saturated carbocycles. The predicted octanol–water partition coefficient (Wildman–Crippen LogP) is 3.25. The van der Waals surface area contributed by atoms with Gasteiger partial charge < -0.3 is 0 Å². The lowest BCUT2D eigenvalue weighted by atomic mass is 10.1. The van der Waals surface area contributed by atoms with Crippen LogP contribution >= 0.6 is 0 Å². The Morgan fingerprint density at radius 2 is 2.14 bits per heavy atom. The van der Waals surface area contributed by atoms with E-state index in [1.807, 2.05) is 45.1 Å². The Kier molecular flexibility index (Phi) is 3.92. The van der Waals surface area contributed by atoms with Gasteiger partial charge in [0.05, 0.1) is 5.69 Å². The number of aromatic nitrogens is 2. The van der Waals surface area contributed by atoms with E-state index < -0.39 is 0 Å². The van der Waals surface area contributed by atoms with E-state index in [0.717, 1.165) is 17.0 Å². The summed E-state index contributed by atoms with van der Waals surface area (Å²) < 4.78 is 0. The lowest BCUT2D eigenvalue weighted by Gasteiger charge is -1.93. The van der Waals surface area contributed by atoms with E-state index in [2.05, 4.69) is 22.3 Å². The van der Waals surface area contributed by atoms with Crippen molar-refractivity contribution in [3.05, 3.63) is 47.8 Å². The Morgan fingerprint density at radius 3 is 2.64 bits per heavy atom. The number of hydrogen-bond donors (Lipinski definition) is 1. The molecule has 0 aromatic carbocycles. The number of aryl methyl sites for hydroxylation is 1. The fourth-order valence-electron chi connectivity index (χ4n) is 1.17. The number of H-pyrrole nitrogens is 1. The van der Waals surface area contributed by atoms with E-state index in [1.54, 1.807) is 0 Å². The van der Waals surface area contributed by atoms with Crippen molar-refractivity contribution in [1.29, 1.82) is 0 Å². The molecule has 0 aliphatic carbocycles. The van der Waals surface area contributed by atoms with Gasteiger partial charge in [-0.3, -0.25) is 5.10 Å². The normalized spacial score (nSPS) is 13.2. The van der Waals surface area contributed by atoms with Crippen molar-refractivity contribution >= 4 is 5.57 Å². The van der Waals surface area contributed by atoms with Crippen LogP contribution in [0.3, 0.4) is 0 Å². The van der Waals surface area contributed by atoms with E-state index in [9.17, 15) is 0 Å². The third-order valence-corrected chi connectivity index (χ3v) is 1.82. The molecular formula is C12H16N2. The van der Waals surface area contributed by atoms with Gasteiger partial charge >= 0.3 is 0 Å². The van der Waals surface area contributed by atoms with Crippen LogP contribution in [0.2, 0.25) is 0 Å². The van der Waals surface area contributed by atoms with Gasteiger partial charge in [-0.1, -0.05) is 30.4 Å². The van der Waals surface area contributed by atoms with Crippen LogP contribution in [0.5, 0.6) is 0 Å². The molecule has 0 amide bonds. The van der Waals surface area contributed by atoms with Crippen molar-refractivity contribution in [1.82, 2.24) is 10.2 Å². The minimum Gasteiger partial charge on any atom is -0.282 e. The van der Waals surface area contributed by atoms with E-state index in [0.29, 0.717) is 0 Å². The Hall–Kier alpha value is -1.57. The molecule has 1 rings (SSSR count). The Labute approximate surface area is 85.0 Å². The zero-order valence-corrected chi connectivity index (χ0v) is 8.91. The molecule has 0 aliphatic rings. The Morgan fingerprint density at radius 1 is 1.36 bits per heavy atom. The van der Waals surface area contributed by atoms with Crippen molar-refractivity contribution < 1.29 is 0 Å². The summed E-state index contributed by atoms with van der Waals surface area (Å²) in [6, 6.07) is 2.04. The van der Waals surface area contributed by atoms with Gasteiger partial charge in [0.25, 0.3) is 0 Å². The highest BCUT2D eigenvalue weighted by Crippen LogP contribution is 2.14. The average molecular weight is 188 g/mol. The molecule has 1 N–H and O–H groups in total. The highest BCUT2D eigenvalue weighted by atomic mass is 15.1. The number of nitrogens with zero attached hydrogens (tertiary/aromatic N) is 1.